The molecule has 34 heavy (non-hydrogen) atoms. The molecule has 1 aromatic heterocycles. The highest BCUT2D eigenvalue weighted by atomic mass is 32.2. The zero-order valence-corrected chi connectivity index (χ0v) is 20.3. The molecule has 1 aliphatic rings. The van der Waals surface area contributed by atoms with E-state index in [9.17, 15) is 18.0 Å². The summed E-state index contributed by atoms with van der Waals surface area (Å²) in [5.41, 5.74) is 3.25. The number of ether oxygens (including phenoxy) is 2. The van der Waals surface area contributed by atoms with E-state index in [1.165, 1.54) is 35.5 Å². The summed E-state index contributed by atoms with van der Waals surface area (Å²) in [4.78, 5) is 27.4. The van der Waals surface area contributed by atoms with Crippen molar-refractivity contribution in [3.05, 3.63) is 75.1 Å². The number of rotatable bonds is 7. The van der Waals surface area contributed by atoms with Gasteiger partial charge in [-0.2, -0.15) is 4.31 Å². The summed E-state index contributed by atoms with van der Waals surface area (Å²) in [5.74, 6) is -0.151. The Morgan fingerprint density at radius 2 is 1.79 bits per heavy atom. The number of nitrogens with one attached hydrogen (secondary N) is 1. The first-order chi connectivity index (χ1) is 16.1. The number of benzene rings is 2. The number of hydrogen-bond donors (Lipinski definition) is 1. The number of H-pyrrole nitrogens is 1. The predicted octanol–water partition coefficient (Wildman–Crippen LogP) is 2.95. The van der Waals surface area contributed by atoms with Gasteiger partial charge in [0.15, 0.2) is 5.78 Å². The van der Waals surface area contributed by atoms with Gasteiger partial charge in [-0.05, 0) is 67.6 Å². The molecule has 0 spiro atoms. The first-order valence-electron chi connectivity index (χ1n) is 11.1. The number of aromatic nitrogens is 1. The highest BCUT2D eigenvalue weighted by Gasteiger charge is 2.30. The molecule has 1 fully saturated rings. The van der Waals surface area contributed by atoms with Gasteiger partial charge in [0, 0.05) is 29.7 Å². The fourth-order valence-electron chi connectivity index (χ4n) is 3.96. The smallest absolute Gasteiger partial charge is 0.252 e. The van der Waals surface area contributed by atoms with E-state index in [0.717, 1.165) is 16.5 Å². The van der Waals surface area contributed by atoms with E-state index < -0.39 is 16.1 Å². The molecular formula is C25H28N2O6S. The number of carbonyl (C=O) groups excluding carboxylic acids is 1. The molecule has 0 aliphatic carbocycles. The SMILES string of the molecule is CC(=O)c1ccc(S(=O)(=O)N(Cc2cc3cc(C)c(C)cc3[nH]c2=O)C[C@H]2COCCO2)cc1. The number of aryl methyl sites for hydroxylation is 2. The van der Waals surface area contributed by atoms with Gasteiger partial charge >= 0.3 is 0 Å². The lowest BCUT2D eigenvalue weighted by Crippen LogP contribution is -2.43. The summed E-state index contributed by atoms with van der Waals surface area (Å²) >= 11 is 0. The molecule has 4 rings (SSSR count). The molecule has 0 saturated carbocycles. The average molecular weight is 485 g/mol. The second-order valence-electron chi connectivity index (χ2n) is 8.59. The topological polar surface area (TPSA) is 106 Å². The van der Waals surface area contributed by atoms with Crippen LogP contribution in [0.5, 0.6) is 0 Å². The number of hydrogen-bond acceptors (Lipinski definition) is 6. The standard InChI is InChI=1S/C25H28N2O6S/c1-16-10-20-12-21(25(29)26-24(20)11-17(16)2)13-27(14-22-15-32-8-9-33-22)34(30,31)23-6-4-19(5-7-23)18(3)28/h4-7,10-12,22H,8-9,13-15H2,1-3H3,(H,26,29)/t22-/m0/s1. The van der Waals surface area contributed by atoms with Crippen molar-refractivity contribution in [3.63, 3.8) is 0 Å². The van der Waals surface area contributed by atoms with Gasteiger partial charge in [0.1, 0.15) is 0 Å². The third kappa shape index (κ3) is 5.12. The Morgan fingerprint density at radius 1 is 1.09 bits per heavy atom. The van der Waals surface area contributed by atoms with E-state index in [1.54, 1.807) is 6.07 Å². The molecule has 9 heteroatoms. The summed E-state index contributed by atoms with van der Waals surface area (Å²) < 4.78 is 39.6. The Bertz CT molecular complexity index is 1370. The molecule has 0 unspecified atom stereocenters. The van der Waals surface area contributed by atoms with Crippen LogP contribution >= 0.6 is 0 Å². The molecule has 0 radical (unpaired) electrons. The average Bonchev–Trinajstić information content (AvgIpc) is 2.81. The third-order valence-corrected chi connectivity index (χ3v) is 7.90. The van der Waals surface area contributed by atoms with Crippen molar-refractivity contribution < 1.29 is 22.7 Å². The minimum Gasteiger partial charge on any atom is -0.376 e. The predicted molar refractivity (Wildman–Crippen MR) is 129 cm³/mol. The Hall–Kier alpha value is -2.85. The Balaban J connectivity index is 1.72. The molecular weight excluding hydrogens is 456 g/mol. The van der Waals surface area contributed by atoms with E-state index in [1.807, 2.05) is 26.0 Å². The maximum atomic E-state index is 13.6. The molecule has 1 atom stereocenters. The number of carbonyl (C=O) groups is 1. The van der Waals surface area contributed by atoms with Crippen molar-refractivity contribution in [1.29, 1.82) is 0 Å². The zero-order chi connectivity index (χ0) is 24.5. The van der Waals surface area contributed by atoms with Crippen molar-refractivity contribution in [2.75, 3.05) is 26.4 Å². The molecule has 1 aliphatic heterocycles. The molecule has 2 aromatic carbocycles. The van der Waals surface area contributed by atoms with E-state index >= 15 is 0 Å². The van der Waals surface area contributed by atoms with Crippen molar-refractivity contribution in [3.8, 4) is 0 Å². The summed E-state index contributed by atoms with van der Waals surface area (Å²) in [6, 6.07) is 11.4. The van der Waals surface area contributed by atoms with Crippen LogP contribution in [0, 0.1) is 13.8 Å². The first kappa shape index (κ1) is 24.3. The van der Waals surface area contributed by atoms with Crippen LogP contribution in [0.4, 0.5) is 0 Å². The molecule has 180 valence electrons. The zero-order valence-electron chi connectivity index (χ0n) is 19.5. The van der Waals surface area contributed by atoms with Crippen LogP contribution in [0.1, 0.15) is 34.0 Å². The number of fused-ring (bicyclic) bond motifs is 1. The quantitative estimate of drug-likeness (QED) is 0.517. The van der Waals surface area contributed by atoms with E-state index in [2.05, 4.69) is 4.98 Å². The summed E-state index contributed by atoms with van der Waals surface area (Å²) in [5, 5.41) is 0.832. The molecule has 3 aromatic rings. The first-order valence-corrected chi connectivity index (χ1v) is 12.5. The third-order valence-electron chi connectivity index (χ3n) is 6.07. The Kier molecular flexibility index (Phi) is 6.99. The number of aromatic amines is 1. The molecule has 8 nitrogen and oxygen atoms in total. The molecule has 1 N–H and O–H groups in total. The summed E-state index contributed by atoms with van der Waals surface area (Å²) in [7, 11) is -3.99. The molecule has 2 heterocycles. The lowest BCUT2D eigenvalue weighted by Gasteiger charge is -2.29. The van der Waals surface area contributed by atoms with Crippen LogP contribution in [-0.4, -0.2) is 56.0 Å². The van der Waals surface area contributed by atoms with Crippen molar-refractivity contribution in [1.82, 2.24) is 9.29 Å². The monoisotopic (exact) mass is 484 g/mol. The van der Waals surface area contributed by atoms with Crippen LogP contribution in [0.25, 0.3) is 10.9 Å². The van der Waals surface area contributed by atoms with E-state index in [-0.39, 0.29) is 35.9 Å². The van der Waals surface area contributed by atoms with Crippen LogP contribution in [0.3, 0.4) is 0 Å². The Labute approximate surface area is 198 Å². The molecule has 0 amide bonds. The van der Waals surface area contributed by atoms with Crippen molar-refractivity contribution in [2.45, 2.75) is 38.3 Å². The van der Waals surface area contributed by atoms with Crippen molar-refractivity contribution in [2.24, 2.45) is 0 Å². The number of ketones is 1. The van der Waals surface area contributed by atoms with Crippen LogP contribution in [-0.2, 0) is 26.0 Å². The number of nitrogens with zero attached hydrogens (tertiary/aromatic N) is 1. The van der Waals surface area contributed by atoms with Gasteiger partial charge in [-0.25, -0.2) is 8.42 Å². The second kappa shape index (κ2) is 9.79. The molecule has 1 saturated heterocycles. The number of pyridine rings is 1. The normalized spacial score (nSPS) is 16.8. The van der Waals surface area contributed by atoms with Gasteiger partial charge < -0.3 is 14.5 Å². The lowest BCUT2D eigenvalue weighted by molar-refractivity contribution is -0.0923. The highest BCUT2D eigenvalue weighted by molar-refractivity contribution is 7.89. The minimum absolute atomic E-state index is 0.0290. The molecule has 0 bridgehead atoms. The maximum Gasteiger partial charge on any atom is 0.252 e. The maximum absolute atomic E-state index is 13.6. The van der Waals surface area contributed by atoms with Gasteiger partial charge in [-0.1, -0.05) is 12.1 Å². The number of sulfonamides is 1. The van der Waals surface area contributed by atoms with Gasteiger partial charge in [0.2, 0.25) is 10.0 Å². The largest absolute Gasteiger partial charge is 0.376 e. The van der Waals surface area contributed by atoms with Gasteiger partial charge in [0.05, 0.1) is 30.8 Å². The van der Waals surface area contributed by atoms with Crippen molar-refractivity contribution >= 4 is 26.7 Å². The number of Topliss-reactive ketones (excluding diaryl/α,β-unsaturated/α-hetero) is 1. The highest BCUT2D eigenvalue weighted by Crippen LogP contribution is 2.22. The summed E-state index contributed by atoms with van der Waals surface area (Å²) in [6.45, 7) is 6.38. The lowest BCUT2D eigenvalue weighted by atomic mass is 10.0. The van der Waals surface area contributed by atoms with E-state index in [0.29, 0.717) is 29.9 Å². The minimum atomic E-state index is -3.99. The van der Waals surface area contributed by atoms with Gasteiger partial charge in [0.25, 0.3) is 5.56 Å². The Morgan fingerprint density at radius 3 is 2.44 bits per heavy atom. The second-order valence-corrected chi connectivity index (χ2v) is 10.5. The van der Waals surface area contributed by atoms with Crippen LogP contribution < -0.4 is 5.56 Å². The van der Waals surface area contributed by atoms with Crippen LogP contribution in [0.15, 0.2) is 52.2 Å². The fourth-order valence-corrected chi connectivity index (χ4v) is 5.41. The van der Waals surface area contributed by atoms with Gasteiger partial charge in [-0.15, -0.1) is 0 Å². The van der Waals surface area contributed by atoms with Crippen LogP contribution in [0.2, 0.25) is 0 Å². The van der Waals surface area contributed by atoms with E-state index in [4.69, 9.17) is 9.47 Å². The van der Waals surface area contributed by atoms with Gasteiger partial charge in [-0.3, -0.25) is 9.59 Å². The summed E-state index contributed by atoms with van der Waals surface area (Å²) in [6.07, 6.45) is -0.454. The fraction of sp³-hybridized carbons (Fsp3) is 0.360.